The van der Waals surface area contributed by atoms with Gasteiger partial charge in [-0.2, -0.15) is 0 Å². The number of rotatable bonds is 8. The number of aryl methyl sites for hydroxylation is 1. The lowest BCUT2D eigenvalue weighted by molar-refractivity contribution is -0.385. The van der Waals surface area contributed by atoms with Crippen LogP contribution < -0.4 is 10.1 Å². The first kappa shape index (κ1) is 24.7. The van der Waals surface area contributed by atoms with Crippen molar-refractivity contribution in [3.63, 3.8) is 0 Å². The van der Waals surface area contributed by atoms with E-state index in [-0.39, 0.29) is 35.2 Å². The van der Waals surface area contributed by atoms with E-state index in [0.717, 1.165) is 22.2 Å². The number of nitro benzene ring substituents is 1. The molecule has 1 fully saturated rings. The fourth-order valence-electron chi connectivity index (χ4n) is 3.42. The largest absolute Gasteiger partial charge is 0.484 e. The molecule has 1 heterocycles. The highest BCUT2D eigenvalue weighted by molar-refractivity contribution is 8.18. The minimum absolute atomic E-state index is 0.149. The molecule has 0 spiro atoms. The summed E-state index contributed by atoms with van der Waals surface area (Å²) in [5.41, 5.74) is 2.56. The van der Waals surface area contributed by atoms with Crippen molar-refractivity contribution in [2.45, 2.75) is 13.5 Å². The Morgan fingerprint density at radius 3 is 2.44 bits per heavy atom. The first-order chi connectivity index (χ1) is 17.3. The highest BCUT2D eigenvalue weighted by Crippen LogP contribution is 2.34. The van der Waals surface area contributed by atoms with E-state index < -0.39 is 16.1 Å². The quantitative estimate of drug-likeness (QED) is 0.256. The fraction of sp³-hybridized carbons (Fsp3) is 0.115. The second-order valence-corrected chi connectivity index (χ2v) is 8.92. The van der Waals surface area contributed by atoms with Crippen molar-refractivity contribution in [3.8, 4) is 5.75 Å². The Hall–Kier alpha value is -4.44. The molecular formula is C26H21N3O6S. The Bertz CT molecular complexity index is 1350. The number of amides is 3. The maximum absolute atomic E-state index is 12.8. The van der Waals surface area contributed by atoms with Crippen LogP contribution in [0.2, 0.25) is 0 Å². The van der Waals surface area contributed by atoms with Crippen LogP contribution in [-0.2, 0) is 16.1 Å². The lowest BCUT2D eigenvalue weighted by Crippen LogP contribution is -2.27. The molecule has 0 atom stereocenters. The molecule has 4 rings (SSSR count). The lowest BCUT2D eigenvalue weighted by atomic mass is 10.1. The summed E-state index contributed by atoms with van der Waals surface area (Å²) < 4.78 is 5.52. The molecule has 0 bridgehead atoms. The molecule has 1 saturated heterocycles. The third-order valence-electron chi connectivity index (χ3n) is 5.27. The number of hydrogen-bond acceptors (Lipinski definition) is 7. The number of carbonyl (C=O) groups is 3. The summed E-state index contributed by atoms with van der Waals surface area (Å²) in [6.45, 7) is 1.61. The molecule has 0 unspecified atom stereocenters. The number of ether oxygens (including phenoxy) is 1. The van der Waals surface area contributed by atoms with Crippen LogP contribution in [0.15, 0.2) is 77.7 Å². The molecule has 3 amide bonds. The van der Waals surface area contributed by atoms with Crippen LogP contribution in [0.5, 0.6) is 5.75 Å². The third-order valence-corrected chi connectivity index (χ3v) is 6.18. The van der Waals surface area contributed by atoms with Crippen LogP contribution in [0, 0.1) is 17.0 Å². The van der Waals surface area contributed by atoms with Gasteiger partial charge in [0.2, 0.25) is 0 Å². The van der Waals surface area contributed by atoms with Crippen LogP contribution in [-0.4, -0.2) is 33.5 Å². The minimum Gasteiger partial charge on any atom is -0.484 e. The van der Waals surface area contributed by atoms with Crippen molar-refractivity contribution in [3.05, 3.63) is 105 Å². The average molecular weight is 504 g/mol. The van der Waals surface area contributed by atoms with Crippen LogP contribution in [0.4, 0.5) is 16.2 Å². The van der Waals surface area contributed by atoms with E-state index in [4.69, 9.17) is 4.74 Å². The molecule has 1 aliphatic heterocycles. The molecule has 0 aliphatic carbocycles. The zero-order valence-electron chi connectivity index (χ0n) is 19.2. The smallest absolute Gasteiger partial charge is 0.293 e. The topological polar surface area (TPSA) is 119 Å². The monoisotopic (exact) mass is 503 g/mol. The number of nitro groups is 1. The van der Waals surface area contributed by atoms with Gasteiger partial charge in [-0.1, -0.05) is 48.0 Å². The second kappa shape index (κ2) is 10.9. The van der Waals surface area contributed by atoms with Gasteiger partial charge >= 0.3 is 0 Å². The van der Waals surface area contributed by atoms with Crippen LogP contribution in [0.25, 0.3) is 6.08 Å². The molecule has 36 heavy (non-hydrogen) atoms. The molecule has 1 N–H and O–H groups in total. The first-order valence-electron chi connectivity index (χ1n) is 10.9. The Kier molecular flexibility index (Phi) is 7.45. The SMILES string of the molecule is Cc1ccc(NC(=O)COc2ccc(/C=C3/SC(=O)N(Cc4ccccc4[N+](=O)[O-])C3=O)cc2)cc1. The van der Waals surface area contributed by atoms with E-state index in [1.807, 2.05) is 31.2 Å². The summed E-state index contributed by atoms with van der Waals surface area (Å²) in [5, 5.41) is 13.5. The summed E-state index contributed by atoms with van der Waals surface area (Å²) in [7, 11) is 0. The van der Waals surface area contributed by atoms with Gasteiger partial charge in [0.25, 0.3) is 22.7 Å². The molecule has 0 saturated carbocycles. The molecule has 182 valence electrons. The van der Waals surface area contributed by atoms with Crippen LogP contribution >= 0.6 is 11.8 Å². The molecule has 3 aromatic carbocycles. The second-order valence-electron chi connectivity index (χ2n) is 7.93. The number of imide groups is 1. The van der Waals surface area contributed by atoms with E-state index in [1.165, 1.54) is 18.2 Å². The summed E-state index contributed by atoms with van der Waals surface area (Å²) >= 11 is 0.775. The predicted octanol–water partition coefficient (Wildman–Crippen LogP) is 5.16. The van der Waals surface area contributed by atoms with Crippen LogP contribution in [0.3, 0.4) is 0 Å². The Morgan fingerprint density at radius 1 is 1.06 bits per heavy atom. The van der Waals surface area contributed by atoms with E-state index in [0.29, 0.717) is 17.0 Å². The highest BCUT2D eigenvalue weighted by Gasteiger charge is 2.36. The normalized spacial score (nSPS) is 14.2. The number of anilines is 1. The summed E-state index contributed by atoms with van der Waals surface area (Å²) in [4.78, 5) is 49.2. The maximum atomic E-state index is 12.8. The number of benzene rings is 3. The van der Waals surface area contributed by atoms with Crippen LogP contribution in [0.1, 0.15) is 16.7 Å². The van der Waals surface area contributed by atoms with E-state index >= 15 is 0 Å². The molecule has 0 aromatic heterocycles. The molecule has 3 aromatic rings. The van der Waals surface area contributed by atoms with Crippen molar-refractivity contribution in [2.24, 2.45) is 0 Å². The first-order valence-corrected chi connectivity index (χ1v) is 11.7. The molecule has 9 nitrogen and oxygen atoms in total. The number of thioether (sulfide) groups is 1. The van der Waals surface area contributed by atoms with Gasteiger partial charge in [-0.3, -0.25) is 29.4 Å². The number of carbonyl (C=O) groups excluding carboxylic acids is 3. The van der Waals surface area contributed by atoms with Gasteiger partial charge in [0.1, 0.15) is 5.75 Å². The van der Waals surface area contributed by atoms with Crippen molar-refractivity contribution >= 4 is 46.3 Å². The number of nitrogens with zero attached hydrogens (tertiary/aromatic N) is 2. The summed E-state index contributed by atoms with van der Waals surface area (Å²) in [5.74, 6) is -0.345. The fourth-order valence-corrected chi connectivity index (χ4v) is 4.26. The predicted molar refractivity (Wildman–Crippen MR) is 136 cm³/mol. The zero-order valence-corrected chi connectivity index (χ0v) is 20.0. The van der Waals surface area contributed by atoms with Gasteiger partial charge in [-0.05, 0) is 54.6 Å². The minimum atomic E-state index is -0.542. The van der Waals surface area contributed by atoms with E-state index in [1.54, 1.807) is 36.4 Å². The zero-order chi connectivity index (χ0) is 25.7. The van der Waals surface area contributed by atoms with Gasteiger partial charge in [-0.25, -0.2) is 0 Å². The van der Waals surface area contributed by atoms with Crippen molar-refractivity contribution in [1.82, 2.24) is 4.90 Å². The van der Waals surface area contributed by atoms with Gasteiger partial charge in [0.15, 0.2) is 6.61 Å². The standard InChI is InChI=1S/C26H21N3O6S/c1-17-6-10-20(11-7-17)27-24(30)16-35-21-12-8-18(9-13-21)14-23-25(31)28(26(32)36-23)15-19-4-2-3-5-22(19)29(33)34/h2-14H,15-16H2,1H3,(H,27,30)/b23-14+. The summed E-state index contributed by atoms with van der Waals surface area (Å²) in [6.07, 6.45) is 1.57. The Morgan fingerprint density at radius 2 is 1.75 bits per heavy atom. The number of para-hydroxylation sites is 1. The van der Waals surface area contributed by atoms with Gasteiger partial charge in [0.05, 0.1) is 16.4 Å². The third kappa shape index (κ3) is 5.97. The Labute approximate surface area is 210 Å². The van der Waals surface area contributed by atoms with Gasteiger partial charge in [-0.15, -0.1) is 0 Å². The summed E-state index contributed by atoms with van der Waals surface area (Å²) in [6, 6.07) is 20.1. The van der Waals surface area contributed by atoms with E-state index in [9.17, 15) is 24.5 Å². The van der Waals surface area contributed by atoms with Crippen molar-refractivity contribution in [1.29, 1.82) is 0 Å². The molecule has 1 aliphatic rings. The molecular weight excluding hydrogens is 482 g/mol. The number of hydrogen-bond donors (Lipinski definition) is 1. The lowest BCUT2D eigenvalue weighted by Gasteiger charge is -2.12. The van der Waals surface area contributed by atoms with Gasteiger partial charge in [0, 0.05) is 17.3 Å². The maximum Gasteiger partial charge on any atom is 0.293 e. The van der Waals surface area contributed by atoms with E-state index in [2.05, 4.69) is 5.32 Å². The molecule has 0 radical (unpaired) electrons. The van der Waals surface area contributed by atoms with Crippen molar-refractivity contribution in [2.75, 3.05) is 11.9 Å². The Balaban J connectivity index is 1.36. The van der Waals surface area contributed by atoms with Gasteiger partial charge < -0.3 is 10.1 Å². The highest BCUT2D eigenvalue weighted by atomic mass is 32.2. The number of nitrogens with one attached hydrogen (secondary N) is 1. The average Bonchev–Trinajstić information content (AvgIpc) is 3.12. The van der Waals surface area contributed by atoms with Crippen molar-refractivity contribution < 1.29 is 24.0 Å². The molecule has 10 heteroatoms.